The number of piperidine rings is 3. The van der Waals surface area contributed by atoms with Crippen molar-refractivity contribution in [1.29, 1.82) is 0 Å². The molecule has 3 heterocycles. The summed E-state index contributed by atoms with van der Waals surface area (Å²) < 4.78 is 0. The molecule has 2 N–H and O–H groups in total. The number of nitrogens with zero attached hydrogens (tertiary/aromatic N) is 1. The van der Waals surface area contributed by atoms with E-state index in [-0.39, 0.29) is 0 Å². The second-order valence-electron chi connectivity index (χ2n) is 7.04. The molecule has 0 radical (unpaired) electrons. The van der Waals surface area contributed by atoms with Gasteiger partial charge in [-0.25, -0.2) is 0 Å². The van der Waals surface area contributed by atoms with Gasteiger partial charge in [-0.15, -0.1) is 6.58 Å². The molecular weight excluding hydrogens is 302 g/mol. The SMILES string of the molecule is C=CC1CN2CCC1CC2CNC(=S)Nc1cc(C)cc(C)c1. The fourth-order valence-corrected chi connectivity index (χ4v) is 4.29. The van der Waals surface area contributed by atoms with Gasteiger partial charge in [-0.3, -0.25) is 4.90 Å². The molecule has 0 aliphatic carbocycles. The fourth-order valence-electron chi connectivity index (χ4n) is 4.09. The lowest BCUT2D eigenvalue weighted by Crippen LogP contribution is -2.56. The number of hydrogen-bond donors (Lipinski definition) is 2. The van der Waals surface area contributed by atoms with Gasteiger partial charge >= 0.3 is 0 Å². The number of fused-ring (bicyclic) bond motifs is 3. The standard InChI is InChI=1S/C19H27N3S/c1-4-15-12-22-6-5-16(15)10-18(22)11-20-19(23)21-17-8-13(2)7-14(3)9-17/h4,7-9,15-16,18H,1,5-6,10-12H2,2-3H3,(H2,20,21,23). The van der Waals surface area contributed by atoms with Crippen LogP contribution in [0.1, 0.15) is 24.0 Å². The third-order valence-corrected chi connectivity index (χ3v) is 5.46. The van der Waals surface area contributed by atoms with Gasteiger partial charge < -0.3 is 10.6 Å². The highest BCUT2D eigenvalue weighted by Gasteiger charge is 2.38. The Kier molecular flexibility index (Phi) is 5.02. The number of rotatable bonds is 4. The van der Waals surface area contributed by atoms with Gasteiger partial charge in [0.25, 0.3) is 0 Å². The lowest BCUT2D eigenvalue weighted by atomic mass is 9.76. The average Bonchev–Trinajstić information content (AvgIpc) is 2.52. The number of aryl methyl sites for hydroxylation is 2. The van der Waals surface area contributed by atoms with Crippen molar-refractivity contribution in [1.82, 2.24) is 10.2 Å². The Hall–Kier alpha value is -1.39. The maximum absolute atomic E-state index is 5.47. The summed E-state index contributed by atoms with van der Waals surface area (Å²) in [6.45, 7) is 11.5. The van der Waals surface area contributed by atoms with Crippen LogP contribution in [0.4, 0.5) is 5.69 Å². The minimum Gasteiger partial charge on any atom is -0.361 e. The van der Waals surface area contributed by atoms with Gasteiger partial charge in [0.1, 0.15) is 0 Å². The molecule has 4 atom stereocenters. The third-order valence-electron chi connectivity index (χ3n) is 5.21. The highest BCUT2D eigenvalue weighted by atomic mass is 32.1. The first kappa shape index (κ1) is 16.5. The van der Waals surface area contributed by atoms with Crippen molar-refractivity contribution in [2.45, 2.75) is 32.7 Å². The maximum atomic E-state index is 5.47. The summed E-state index contributed by atoms with van der Waals surface area (Å²) in [5.74, 6) is 1.49. The van der Waals surface area contributed by atoms with Crippen LogP contribution in [-0.2, 0) is 0 Å². The molecule has 0 saturated carbocycles. The largest absolute Gasteiger partial charge is 0.361 e. The Labute approximate surface area is 145 Å². The van der Waals surface area contributed by atoms with Crippen LogP contribution in [0, 0.1) is 25.7 Å². The molecule has 0 spiro atoms. The molecule has 3 saturated heterocycles. The normalized spacial score (nSPS) is 29.1. The molecule has 124 valence electrons. The Morgan fingerprint density at radius 3 is 2.70 bits per heavy atom. The lowest BCUT2D eigenvalue weighted by molar-refractivity contribution is 0.0215. The molecule has 0 aromatic heterocycles. The minimum absolute atomic E-state index is 0.601. The van der Waals surface area contributed by atoms with Gasteiger partial charge in [-0.05, 0) is 80.5 Å². The summed E-state index contributed by atoms with van der Waals surface area (Å²) in [6, 6.07) is 7.02. The summed E-state index contributed by atoms with van der Waals surface area (Å²) in [7, 11) is 0. The molecule has 3 aliphatic rings. The van der Waals surface area contributed by atoms with E-state index in [1.807, 2.05) is 0 Å². The van der Waals surface area contributed by atoms with E-state index in [4.69, 9.17) is 12.2 Å². The Balaban J connectivity index is 1.51. The molecule has 2 bridgehead atoms. The molecule has 4 unspecified atom stereocenters. The van der Waals surface area contributed by atoms with E-state index in [9.17, 15) is 0 Å². The van der Waals surface area contributed by atoms with Crippen LogP contribution >= 0.6 is 12.2 Å². The predicted molar refractivity (Wildman–Crippen MR) is 102 cm³/mol. The van der Waals surface area contributed by atoms with Gasteiger partial charge in [-0.1, -0.05) is 12.1 Å². The average molecular weight is 330 g/mol. The zero-order valence-corrected chi connectivity index (χ0v) is 15.0. The monoisotopic (exact) mass is 329 g/mol. The van der Waals surface area contributed by atoms with Crippen molar-refractivity contribution in [3.8, 4) is 0 Å². The van der Waals surface area contributed by atoms with E-state index < -0.39 is 0 Å². The molecule has 1 aromatic rings. The van der Waals surface area contributed by atoms with E-state index in [0.29, 0.717) is 12.0 Å². The van der Waals surface area contributed by atoms with Gasteiger partial charge in [-0.2, -0.15) is 0 Å². The van der Waals surface area contributed by atoms with Crippen LogP contribution in [-0.4, -0.2) is 35.7 Å². The molecule has 23 heavy (non-hydrogen) atoms. The molecule has 4 heteroatoms. The molecule has 1 aromatic carbocycles. The van der Waals surface area contributed by atoms with E-state index in [1.54, 1.807) is 0 Å². The third kappa shape index (κ3) is 3.93. The molecule has 3 nitrogen and oxygen atoms in total. The number of anilines is 1. The topological polar surface area (TPSA) is 27.3 Å². The summed E-state index contributed by atoms with van der Waals surface area (Å²) >= 11 is 5.47. The van der Waals surface area contributed by atoms with Crippen molar-refractivity contribution < 1.29 is 0 Å². The van der Waals surface area contributed by atoms with Crippen molar-refractivity contribution in [2.24, 2.45) is 11.8 Å². The van der Waals surface area contributed by atoms with E-state index in [1.165, 1.54) is 30.5 Å². The van der Waals surface area contributed by atoms with E-state index >= 15 is 0 Å². The summed E-state index contributed by atoms with van der Waals surface area (Å²) in [5.41, 5.74) is 3.57. The molecule has 3 aliphatic heterocycles. The van der Waals surface area contributed by atoms with E-state index in [2.05, 4.69) is 60.2 Å². The Morgan fingerprint density at radius 2 is 2.09 bits per heavy atom. The van der Waals surface area contributed by atoms with Gasteiger partial charge in [0.2, 0.25) is 0 Å². The first-order chi connectivity index (χ1) is 11.0. The summed E-state index contributed by atoms with van der Waals surface area (Å²) in [4.78, 5) is 2.60. The summed E-state index contributed by atoms with van der Waals surface area (Å²) in [6.07, 6.45) is 4.72. The molecular formula is C19H27N3S. The Morgan fingerprint density at radius 1 is 1.35 bits per heavy atom. The number of hydrogen-bond acceptors (Lipinski definition) is 2. The predicted octanol–water partition coefficient (Wildman–Crippen LogP) is 3.49. The summed E-state index contributed by atoms with van der Waals surface area (Å²) in [5, 5.41) is 7.44. The van der Waals surface area contributed by atoms with Crippen LogP contribution in [0.3, 0.4) is 0 Å². The second kappa shape index (κ2) is 7.02. The van der Waals surface area contributed by atoms with Crippen LogP contribution in [0.15, 0.2) is 30.9 Å². The van der Waals surface area contributed by atoms with Gasteiger partial charge in [0, 0.05) is 24.8 Å². The van der Waals surface area contributed by atoms with Crippen molar-refractivity contribution in [2.75, 3.05) is 25.0 Å². The number of thiocarbonyl (C=S) groups is 1. The van der Waals surface area contributed by atoms with Crippen LogP contribution in [0.2, 0.25) is 0 Å². The van der Waals surface area contributed by atoms with Crippen molar-refractivity contribution >= 4 is 23.0 Å². The zero-order chi connectivity index (χ0) is 16.4. The second-order valence-corrected chi connectivity index (χ2v) is 7.45. The minimum atomic E-state index is 0.601. The molecule has 0 amide bonds. The van der Waals surface area contributed by atoms with E-state index in [0.717, 1.165) is 29.8 Å². The van der Waals surface area contributed by atoms with Crippen LogP contribution in [0.5, 0.6) is 0 Å². The number of nitrogens with one attached hydrogen (secondary N) is 2. The zero-order valence-electron chi connectivity index (χ0n) is 14.1. The quantitative estimate of drug-likeness (QED) is 0.653. The Bertz CT molecular complexity index is 578. The van der Waals surface area contributed by atoms with Crippen LogP contribution < -0.4 is 10.6 Å². The van der Waals surface area contributed by atoms with Crippen molar-refractivity contribution in [3.05, 3.63) is 42.0 Å². The maximum Gasteiger partial charge on any atom is 0.170 e. The first-order valence-corrected chi connectivity index (χ1v) is 8.95. The lowest BCUT2D eigenvalue weighted by Gasteiger charge is -2.49. The fraction of sp³-hybridized carbons (Fsp3) is 0.526. The van der Waals surface area contributed by atoms with Crippen molar-refractivity contribution in [3.63, 3.8) is 0 Å². The smallest absolute Gasteiger partial charge is 0.170 e. The first-order valence-electron chi connectivity index (χ1n) is 8.55. The number of benzene rings is 1. The molecule has 3 fully saturated rings. The highest BCUT2D eigenvalue weighted by molar-refractivity contribution is 7.80. The van der Waals surface area contributed by atoms with Crippen LogP contribution in [0.25, 0.3) is 0 Å². The highest BCUT2D eigenvalue weighted by Crippen LogP contribution is 2.36. The van der Waals surface area contributed by atoms with Gasteiger partial charge in [0.15, 0.2) is 5.11 Å². The molecule has 4 rings (SSSR count). The van der Waals surface area contributed by atoms with Gasteiger partial charge in [0.05, 0.1) is 0 Å².